The van der Waals surface area contributed by atoms with Crippen LogP contribution in [0.2, 0.25) is 5.02 Å². The molecule has 148 valence electrons. The number of fused-ring (bicyclic) bond motifs is 1. The molecule has 6 nitrogen and oxygen atoms in total. The molecule has 3 rings (SSSR count). The minimum absolute atomic E-state index is 0.0736. The lowest BCUT2D eigenvalue weighted by Crippen LogP contribution is -2.44. The summed E-state index contributed by atoms with van der Waals surface area (Å²) in [5.74, 6) is 0.823. The Morgan fingerprint density at radius 1 is 1.25 bits per heavy atom. The van der Waals surface area contributed by atoms with Crippen LogP contribution in [0.5, 0.6) is 11.5 Å². The van der Waals surface area contributed by atoms with E-state index in [9.17, 15) is 9.59 Å². The van der Waals surface area contributed by atoms with Crippen LogP contribution in [0.3, 0.4) is 0 Å². The van der Waals surface area contributed by atoms with Crippen LogP contribution in [-0.2, 0) is 9.59 Å². The maximum absolute atomic E-state index is 12.5. The minimum Gasteiger partial charge on any atom is -0.484 e. The summed E-state index contributed by atoms with van der Waals surface area (Å²) in [6.45, 7) is 4.30. The number of amides is 2. The molecule has 7 heteroatoms. The molecule has 1 unspecified atom stereocenters. The molecule has 2 aromatic rings. The average molecular weight is 403 g/mol. The standard InChI is InChI=1S/C21H23ClN2O4/c1-3-4-11-24-18-12-16(7-10-19(18)28-14(2)21(24)26)23-20(25)13-27-17-8-5-15(22)6-9-17/h5-10,12,14H,3-4,11,13H2,1-2H3,(H,23,25). The van der Waals surface area contributed by atoms with Gasteiger partial charge >= 0.3 is 0 Å². The van der Waals surface area contributed by atoms with Crippen molar-refractivity contribution in [1.82, 2.24) is 0 Å². The van der Waals surface area contributed by atoms with Gasteiger partial charge in [-0.3, -0.25) is 9.59 Å². The average Bonchev–Trinajstić information content (AvgIpc) is 2.68. The van der Waals surface area contributed by atoms with Gasteiger partial charge in [-0.05, 0) is 55.8 Å². The van der Waals surface area contributed by atoms with Crippen molar-refractivity contribution in [2.24, 2.45) is 0 Å². The topological polar surface area (TPSA) is 67.9 Å². The number of halogens is 1. The molecule has 2 aromatic carbocycles. The van der Waals surface area contributed by atoms with Gasteiger partial charge in [0.1, 0.15) is 11.5 Å². The van der Waals surface area contributed by atoms with Crippen molar-refractivity contribution in [3.63, 3.8) is 0 Å². The maximum atomic E-state index is 12.5. The van der Waals surface area contributed by atoms with Crippen LogP contribution in [0.1, 0.15) is 26.7 Å². The highest BCUT2D eigenvalue weighted by Gasteiger charge is 2.31. The van der Waals surface area contributed by atoms with Crippen LogP contribution < -0.4 is 19.7 Å². The zero-order chi connectivity index (χ0) is 20.1. The van der Waals surface area contributed by atoms with E-state index in [1.54, 1.807) is 54.3 Å². The van der Waals surface area contributed by atoms with E-state index in [4.69, 9.17) is 21.1 Å². The molecule has 1 aliphatic rings. The molecule has 0 spiro atoms. The highest BCUT2D eigenvalue weighted by molar-refractivity contribution is 6.30. The summed E-state index contributed by atoms with van der Waals surface area (Å²) in [5.41, 5.74) is 1.25. The molecule has 0 fully saturated rings. The fraction of sp³-hybridized carbons (Fsp3) is 0.333. The summed E-state index contributed by atoms with van der Waals surface area (Å²) in [5, 5.41) is 3.39. The first-order valence-electron chi connectivity index (χ1n) is 9.28. The lowest BCUT2D eigenvalue weighted by atomic mass is 10.1. The molecule has 1 heterocycles. The third-order valence-corrected chi connectivity index (χ3v) is 4.62. The zero-order valence-electron chi connectivity index (χ0n) is 15.9. The largest absolute Gasteiger partial charge is 0.484 e. The number of rotatable bonds is 7. The van der Waals surface area contributed by atoms with E-state index in [0.717, 1.165) is 12.8 Å². The second-order valence-electron chi connectivity index (χ2n) is 6.58. The second-order valence-corrected chi connectivity index (χ2v) is 7.01. The van der Waals surface area contributed by atoms with E-state index < -0.39 is 6.10 Å². The minimum atomic E-state index is -0.516. The number of carbonyl (C=O) groups excluding carboxylic acids is 2. The number of carbonyl (C=O) groups is 2. The highest BCUT2D eigenvalue weighted by atomic mass is 35.5. The summed E-state index contributed by atoms with van der Waals surface area (Å²) in [6, 6.07) is 12.1. The lowest BCUT2D eigenvalue weighted by Gasteiger charge is -2.33. The summed E-state index contributed by atoms with van der Waals surface area (Å²) in [7, 11) is 0. The van der Waals surface area contributed by atoms with E-state index >= 15 is 0 Å². The van der Waals surface area contributed by atoms with Gasteiger partial charge in [0.2, 0.25) is 0 Å². The van der Waals surface area contributed by atoms with E-state index in [0.29, 0.717) is 34.4 Å². The van der Waals surface area contributed by atoms with Gasteiger partial charge < -0.3 is 19.7 Å². The van der Waals surface area contributed by atoms with Gasteiger partial charge in [0.05, 0.1) is 5.69 Å². The van der Waals surface area contributed by atoms with Crippen molar-refractivity contribution >= 4 is 34.8 Å². The third kappa shape index (κ3) is 4.75. The fourth-order valence-corrected chi connectivity index (χ4v) is 3.03. The van der Waals surface area contributed by atoms with E-state index in [-0.39, 0.29) is 18.4 Å². The van der Waals surface area contributed by atoms with E-state index in [1.165, 1.54) is 0 Å². The molecule has 1 atom stereocenters. The number of benzene rings is 2. The van der Waals surface area contributed by atoms with Crippen molar-refractivity contribution in [2.75, 3.05) is 23.4 Å². The molecule has 0 radical (unpaired) electrons. The highest BCUT2D eigenvalue weighted by Crippen LogP contribution is 2.36. The fourth-order valence-electron chi connectivity index (χ4n) is 2.91. The van der Waals surface area contributed by atoms with Gasteiger partial charge in [-0.2, -0.15) is 0 Å². The number of nitrogens with one attached hydrogen (secondary N) is 1. The number of ether oxygens (including phenoxy) is 2. The summed E-state index contributed by atoms with van der Waals surface area (Å²) < 4.78 is 11.1. The number of hydrogen-bond acceptors (Lipinski definition) is 4. The molecular formula is C21H23ClN2O4. The van der Waals surface area contributed by atoms with Gasteiger partial charge in [0.25, 0.3) is 11.8 Å². The van der Waals surface area contributed by atoms with Crippen molar-refractivity contribution < 1.29 is 19.1 Å². The Morgan fingerprint density at radius 3 is 2.71 bits per heavy atom. The maximum Gasteiger partial charge on any atom is 0.267 e. The molecule has 0 bridgehead atoms. The third-order valence-electron chi connectivity index (χ3n) is 4.37. The number of anilines is 2. The number of hydrogen-bond donors (Lipinski definition) is 1. The summed E-state index contributed by atoms with van der Waals surface area (Å²) in [4.78, 5) is 26.4. The van der Waals surface area contributed by atoms with Crippen LogP contribution in [0.25, 0.3) is 0 Å². The summed E-state index contributed by atoms with van der Waals surface area (Å²) in [6.07, 6.45) is 1.36. The molecule has 0 saturated carbocycles. The number of unbranched alkanes of at least 4 members (excludes halogenated alkanes) is 1. The number of nitrogens with zero attached hydrogens (tertiary/aromatic N) is 1. The van der Waals surface area contributed by atoms with Crippen LogP contribution in [0.4, 0.5) is 11.4 Å². The first kappa shape index (κ1) is 20.0. The first-order chi connectivity index (χ1) is 13.5. The van der Waals surface area contributed by atoms with E-state index in [1.807, 2.05) is 0 Å². The zero-order valence-corrected chi connectivity index (χ0v) is 16.7. The van der Waals surface area contributed by atoms with Gasteiger partial charge in [0, 0.05) is 17.3 Å². The predicted octanol–water partition coefficient (Wildman–Crippen LogP) is 4.27. The molecule has 2 amide bonds. The van der Waals surface area contributed by atoms with Crippen molar-refractivity contribution in [2.45, 2.75) is 32.8 Å². The predicted molar refractivity (Wildman–Crippen MR) is 109 cm³/mol. The molecule has 0 aromatic heterocycles. The molecule has 1 aliphatic heterocycles. The Balaban J connectivity index is 1.68. The van der Waals surface area contributed by atoms with E-state index in [2.05, 4.69) is 12.2 Å². The Bertz CT molecular complexity index is 854. The Morgan fingerprint density at radius 2 is 2.00 bits per heavy atom. The molecule has 28 heavy (non-hydrogen) atoms. The molecule has 0 saturated heterocycles. The normalized spacial score (nSPS) is 15.6. The molecule has 0 aliphatic carbocycles. The SMILES string of the molecule is CCCCN1C(=O)C(C)Oc2ccc(NC(=O)COc3ccc(Cl)cc3)cc21. The molecular weight excluding hydrogens is 380 g/mol. The van der Waals surface area contributed by atoms with Gasteiger partial charge in [-0.15, -0.1) is 0 Å². The monoisotopic (exact) mass is 402 g/mol. The smallest absolute Gasteiger partial charge is 0.267 e. The first-order valence-corrected chi connectivity index (χ1v) is 9.66. The summed E-state index contributed by atoms with van der Waals surface area (Å²) >= 11 is 5.83. The second kappa shape index (κ2) is 8.97. The Hall–Kier alpha value is -2.73. The van der Waals surface area contributed by atoms with Gasteiger partial charge in [-0.25, -0.2) is 0 Å². The Labute approximate surface area is 169 Å². The van der Waals surface area contributed by atoms with Crippen molar-refractivity contribution in [1.29, 1.82) is 0 Å². The Kier molecular flexibility index (Phi) is 6.41. The van der Waals surface area contributed by atoms with Crippen LogP contribution in [0.15, 0.2) is 42.5 Å². The van der Waals surface area contributed by atoms with Crippen LogP contribution >= 0.6 is 11.6 Å². The van der Waals surface area contributed by atoms with Crippen molar-refractivity contribution in [3.8, 4) is 11.5 Å². The van der Waals surface area contributed by atoms with Crippen LogP contribution in [0, 0.1) is 0 Å². The molecule has 1 N–H and O–H groups in total. The lowest BCUT2D eigenvalue weighted by molar-refractivity contribution is -0.125. The quantitative estimate of drug-likeness (QED) is 0.750. The van der Waals surface area contributed by atoms with Gasteiger partial charge in [0.15, 0.2) is 12.7 Å². The van der Waals surface area contributed by atoms with Crippen molar-refractivity contribution in [3.05, 3.63) is 47.5 Å². The van der Waals surface area contributed by atoms with Gasteiger partial charge in [-0.1, -0.05) is 24.9 Å². The van der Waals surface area contributed by atoms with Crippen LogP contribution in [-0.4, -0.2) is 31.1 Å².